The lowest BCUT2D eigenvalue weighted by molar-refractivity contribution is -0.149. The highest BCUT2D eigenvalue weighted by Crippen LogP contribution is 2.50. The highest BCUT2D eigenvalue weighted by molar-refractivity contribution is 5.72. The van der Waals surface area contributed by atoms with Crippen LogP contribution in [0.5, 0.6) is 0 Å². The molecule has 0 radical (unpaired) electrons. The van der Waals surface area contributed by atoms with Crippen molar-refractivity contribution in [2.75, 3.05) is 13.7 Å². The molecule has 3 rings (SSSR count). The van der Waals surface area contributed by atoms with Gasteiger partial charge in [-0.15, -0.1) is 0 Å². The van der Waals surface area contributed by atoms with Crippen LogP contribution in [0.1, 0.15) is 58.3 Å². The molecule has 0 heterocycles. The predicted octanol–water partition coefficient (Wildman–Crippen LogP) is 3.87. The third-order valence-corrected chi connectivity index (χ3v) is 7.41. The van der Waals surface area contributed by atoms with Gasteiger partial charge >= 0.3 is 5.97 Å². The second-order valence-electron chi connectivity index (χ2n) is 8.90. The van der Waals surface area contributed by atoms with E-state index in [4.69, 9.17) is 9.84 Å². The van der Waals surface area contributed by atoms with Crippen LogP contribution < -0.4 is 0 Å². The van der Waals surface area contributed by atoms with Crippen LogP contribution in [-0.4, -0.2) is 36.0 Å². The van der Waals surface area contributed by atoms with Crippen LogP contribution in [-0.2, 0) is 9.53 Å². The van der Waals surface area contributed by atoms with Gasteiger partial charge in [0.15, 0.2) is 0 Å². The Morgan fingerprint density at radius 1 is 1.30 bits per heavy atom. The first-order chi connectivity index (χ1) is 13.1. The minimum absolute atomic E-state index is 0.0337. The van der Waals surface area contributed by atoms with Gasteiger partial charge in [-0.25, -0.2) is 0 Å². The van der Waals surface area contributed by atoms with Crippen LogP contribution in [0.2, 0.25) is 0 Å². The maximum absolute atomic E-state index is 12.2. The quantitative estimate of drug-likeness (QED) is 0.498. The molecule has 0 amide bonds. The molecule has 0 aliphatic heterocycles. The third kappa shape index (κ3) is 4.65. The average molecular weight is 377 g/mol. The molecular weight excluding hydrogens is 340 g/mol. The Bertz CT molecular complexity index is 561. The van der Waals surface area contributed by atoms with Crippen LogP contribution in [0.4, 0.5) is 0 Å². The highest BCUT2D eigenvalue weighted by atomic mass is 16.5. The van der Waals surface area contributed by atoms with Crippen molar-refractivity contribution in [2.45, 2.75) is 64.4 Å². The Morgan fingerprint density at radius 3 is 2.74 bits per heavy atom. The van der Waals surface area contributed by atoms with Crippen molar-refractivity contribution in [3.63, 3.8) is 0 Å². The zero-order valence-electron chi connectivity index (χ0n) is 16.8. The summed E-state index contributed by atoms with van der Waals surface area (Å²) in [6.45, 7) is 2.27. The molecule has 3 fully saturated rings. The standard InChI is InChI=1S/C23H36O4/c1-3-15-10-17(11-15)19(23(26)27-2)7-4-6-16-12-18-14-22(25)20(8-5-9-24)21(18)13-16/h5-6,8,15,17-22,24-25H,3-4,7,9-14H2,1-2H3/t15?,17?,18-,19?,20-,21+,22-/m1/s1. The van der Waals surface area contributed by atoms with Crippen LogP contribution >= 0.6 is 0 Å². The van der Waals surface area contributed by atoms with E-state index in [1.165, 1.54) is 31.9 Å². The largest absolute Gasteiger partial charge is 0.469 e. The van der Waals surface area contributed by atoms with Gasteiger partial charge in [0.25, 0.3) is 0 Å². The lowest BCUT2D eigenvalue weighted by Gasteiger charge is -2.39. The molecule has 5 atom stereocenters. The van der Waals surface area contributed by atoms with Crippen molar-refractivity contribution >= 4 is 5.97 Å². The molecule has 3 aliphatic carbocycles. The Balaban J connectivity index is 1.52. The molecule has 3 saturated carbocycles. The summed E-state index contributed by atoms with van der Waals surface area (Å²) in [7, 11) is 1.51. The Morgan fingerprint density at radius 2 is 2.07 bits per heavy atom. The van der Waals surface area contributed by atoms with Gasteiger partial charge in [0.1, 0.15) is 0 Å². The summed E-state index contributed by atoms with van der Waals surface area (Å²) in [6.07, 6.45) is 14.3. The molecule has 0 aromatic heterocycles. The number of methoxy groups -OCH3 is 1. The minimum Gasteiger partial charge on any atom is -0.469 e. The number of ether oxygens (including phenoxy) is 1. The number of carbonyl (C=O) groups is 1. The van der Waals surface area contributed by atoms with Crippen LogP contribution in [0.15, 0.2) is 23.8 Å². The normalized spacial score (nSPS) is 38.1. The second-order valence-corrected chi connectivity index (χ2v) is 8.90. The highest BCUT2D eigenvalue weighted by Gasteiger charge is 2.45. The Labute approximate surface area is 163 Å². The van der Waals surface area contributed by atoms with Crippen LogP contribution in [0.25, 0.3) is 0 Å². The zero-order valence-corrected chi connectivity index (χ0v) is 16.8. The van der Waals surface area contributed by atoms with E-state index in [0.29, 0.717) is 17.8 Å². The Kier molecular flexibility index (Phi) is 7.16. The topological polar surface area (TPSA) is 66.8 Å². The molecule has 0 spiro atoms. The van der Waals surface area contributed by atoms with Crippen molar-refractivity contribution in [3.05, 3.63) is 23.8 Å². The first kappa shape index (κ1) is 20.6. The van der Waals surface area contributed by atoms with Gasteiger partial charge in [-0.3, -0.25) is 4.79 Å². The average Bonchev–Trinajstić information content (AvgIpc) is 3.13. The van der Waals surface area contributed by atoms with E-state index in [1.807, 2.05) is 6.08 Å². The lowest BCUT2D eigenvalue weighted by atomic mass is 9.66. The monoisotopic (exact) mass is 376 g/mol. The van der Waals surface area contributed by atoms with E-state index in [0.717, 1.165) is 38.0 Å². The van der Waals surface area contributed by atoms with Crippen molar-refractivity contribution in [3.8, 4) is 0 Å². The fraction of sp³-hybridized carbons (Fsp3) is 0.783. The molecule has 27 heavy (non-hydrogen) atoms. The van der Waals surface area contributed by atoms with Crippen molar-refractivity contribution in [1.82, 2.24) is 0 Å². The minimum atomic E-state index is -0.266. The summed E-state index contributed by atoms with van der Waals surface area (Å²) < 4.78 is 5.07. The first-order valence-corrected chi connectivity index (χ1v) is 10.8. The number of hydrogen-bond donors (Lipinski definition) is 2. The summed E-state index contributed by atoms with van der Waals surface area (Å²) >= 11 is 0. The third-order valence-electron chi connectivity index (χ3n) is 7.41. The van der Waals surface area contributed by atoms with Crippen LogP contribution in [0.3, 0.4) is 0 Å². The summed E-state index contributed by atoms with van der Waals surface area (Å²) in [6, 6.07) is 0. The maximum atomic E-state index is 12.2. The number of rotatable bonds is 8. The van der Waals surface area contributed by atoms with Crippen LogP contribution in [0, 0.1) is 35.5 Å². The molecule has 1 unspecified atom stereocenters. The summed E-state index contributed by atoms with van der Waals surface area (Å²) in [4.78, 5) is 12.2. The molecular formula is C23H36O4. The molecule has 2 N–H and O–H groups in total. The molecule has 3 aliphatic rings. The number of carbonyl (C=O) groups excluding carboxylic acids is 1. The van der Waals surface area contributed by atoms with Crippen molar-refractivity contribution in [1.29, 1.82) is 0 Å². The molecule has 4 nitrogen and oxygen atoms in total. The van der Waals surface area contributed by atoms with Gasteiger partial charge < -0.3 is 14.9 Å². The summed E-state index contributed by atoms with van der Waals surface area (Å²) in [5.74, 6) is 2.57. The zero-order chi connectivity index (χ0) is 19.4. The van der Waals surface area contributed by atoms with Crippen molar-refractivity contribution in [2.24, 2.45) is 35.5 Å². The van der Waals surface area contributed by atoms with Crippen molar-refractivity contribution < 1.29 is 19.7 Å². The van der Waals surface area contributed by atoms with E-state index in [2.05, 4.69) is 13.0 Å². The van der Waals surface area contributed by atoms with E-state index < -0.39 is 0 Å². The first-order valence-electron chi connectivity index (χ1n) is 10.8. The van der Waals surface area contributed by atoms with E-state index in [1.54, 1.807) is 6.08 Å². The number of aliphatic hydroxyl groups is 2. The van der Waals surface area contributed by atoms with Gasteiger partial charge in [0.2, 0.25) is 0 Å². The molecule has 0 aromatic carbocycles. The second kappa shape index (κ2) is 9.38. The van der Waals surface area contributed by atoms with Gasteiger partial charge in [-0.05, 0) is 68.6 Å². The Hall–Kier alpha value is -1.13. The van der Waals surface area contributed by atoms with Gasteiger partial charge in [0.05, 0.1) is 25.7 Å². The summed E-state index contributed by atoms with van der Waals surface area (Å²) in [5, 5.41) is 19.3. The molecule has 152 valence electrons. The number of esters is 1. The molecule has 0 aromatic rings. The lowest BCUT2D eigenvalue weighted by Crippen LogP contribution is -2.34. The van der Waals surface area contributed by atoms with E-state index >= 15 is 0 Å². The maximum Gasteiger partial charge on any atom is 0.308 e. The summed E-state index contributed by atoms with van der Waals surface area (Å²) in [5.41, 5.74) is 1.49. The molecule has 0 bridgehead atoms. The van der Waals surface area contributed by atoms with E-state index in [9.17, 15) is 9.90 Å². The predicted molar refractivity (Wildman–Crippen MR) is 106 cm³/mol. The SMILES string of the molecule is CCC1CC(C(CCC=C2C[C@@H]3C[C@@H](O)[C@H](C=CCO)[C@H]3C2)C(=O)OC)C1. The molecule has 4 heteroatoms. The fourth-order valence-electron chi connectivity index (χ4n) is 5.77. The number of hydrogen-bond acceptors (Lipinski definition) is 4. The van der Waals surface area contributed by atoms with Gasteiger partial charge in [-0.1, -0.05) is 37.1 Å². The van der Waals surface area contributed by atoms with E-state index in [-0.39, 0.29) is 30.5 Å². The smallest absolute Gasteiger partial charge is 0.308 e. The fourth-order valence-corrected chi connectivity index (χ4v) is 5.77. The number of aliphatic hydroxyl groups excluding tert-OH is 2. The van der Waals surface area contributed by atoms with Gasteiger partial charge in [-0.2, -0.15) is 0 Å². The van der Waals surface area contributed by atoms with Gasteiger partial charge in [0, 0.05) is 5.92 Å². The number of allylic oxidation sites excluding steroid dienone is 2. The number of fused-ring (bicyclic) bond motifs is 1. The molecule has 0 saturated heterocycles.